The molecule has 7 heteroatoms. The molecule has 4 rings (SSSR count). The van der Waals surface area contributed by atoms with Crippen molar-refractivity contribution < 1.29 is 19.1 Å². The summed E-state index contributed by atoms with van der Waals surface area (Å²) in [6.45, 7) is 7.99. The van der Waals surface area contributed by atoms with Gasteiger partial charge in [0.25, 0.3) is 5.91 Å². The normalized spacial score (nSPS) is 17.9. The van der Waals surface area contributed by atoms with Crippen LogP contribution in [0.3, 0.4) is 0 Å². The molecule has 0 unspecified atom stereocenters. The van der Waals surface area contributed by atoms with Crippen molar-refractivity contribution in [3.05, 3.63) is 65.9 Å². The molecule has 0 N–H and O–H groups in total. The van der Waals surface area contributed by atoms with Gasteiger partial charge in [-0.3, -0.25) is 4.79 Å². The van der Waals surface area contributed by atoms with E-state index >= 15 is 0 Å². The van der Waals surface area contributed by atoms with Crippen molar-refractivity contribution in [2.24, 2.45) is 11.8 Å². The molecule has 2 heterocycles. The molecule has 3 aromatic rings. The number of benzene rings is 2. The zero-order valence-electron chi connectivity index (χ0n) is 20.2. The van der Waals surface area contributed by atoms with Gasteiger partial charge >= 0.3 is 5.97 Å². The first-order valence-electron chi connectivity index (χ1n) is 11.7. The summed E-state index contributed by atoms with van der Waals surface area (Å²) in [6.07, 6.45) is 1.15. The number of ether oxygens (including phenoxy) is 2. The Bertz CT molecular complexity index is 1140. The van der Waals surface area contributed by atoms with Crippen LogP contribution in [0.4, 0.5) is 0 Å². The highest BCUT2D eigenvalue weighted by molar-refractivity contribution is 5.94. The smallest absolute Gasteiger partial charge is 0.358 e. The number of piperidine rings is 1. The number of methoxy groups -OCH3 is 1. The molecule has 0 spiro atoms. The number of aromatic nitrogens is 2. The second-order valence-electron chi connectivity index (χ2n) is 8.98. The van der Waals surface area contributed by atoms with Crippen LogP contribution in [0.2, 0.25) is 0 Å². The van der Waals surface area contributed by atoms with Gasteiger partial charge in [0.15, 0.2) is 5.69 Å². The summed E-state index contributed by atoms with van der Waals surface area (Å²) in [4.78, 5) is 27.4. The fourth-order valence-electron chi connectivity index (χ4n) is 4.61. The van der Waals surface area contributed by atoms with Crippen LogP contribution in [0.25, 0.3) is 16.9 Å². The van der Waals surface area contributed by atoms with E-state index in [1.165, 1.54) is 0 Å². The zero-order valence-corrected chi connectivity index (χ0v) is 20.2. The fourth-order valence-corrected chi connectivity index (χ4v) is 4.61. The minimum absolute atomic E-state index is 0.0491. The highest BCUT2D eigenvalue weighted by atomic mass is 16.5. The molecule has 0 saturated carbocycles. The molecular formula is C27H31N3O4. The molecule has 178 valence electrons. The van der Waals surface area contributed by atoms with Gasteiger partial charge in [-0.05, 0) is 79.8 Å². The molecule has 0 radical (unpaired) electrons. The number of hydrogen-bond donors (Lipinski definition) is 0. The van der Waals surface area contributed by atoms with Gasteiger partial charge in [-0.1, -0.05) is 13.8 Å². The van der Waals surface area contributed by atoms with Crippen molar-refractivity contribution >= 4 is 11.9 Å². The Hall–Kier alpha value is -3.61. The molecule has 0 aliphatic carbocycles. The van der Waals surface area contributed by atoms with Gasteiger partial charge in [0.2, 0.25) is 0 Å². The summed E-state index contributed by atoms with van der Waals surface area (Å²) in [6, 6.07) is 16.6. The standard InChI is InChI=1S/C27H31N3O4/c1-5-34-27(32)24-15-25(20-8-12-23(33-4)13-9-20)30(28-24)22-10-6-21(7-11-22)26(31)29-16-18(2)14-19(3)17-29/h6-13,15,18-19H,5,14,16-17H2,1-4H3/t18-,19+. The van der Waals surface area contributed by atoms with Gasteiger partial charge in [0, 0.05) is 24.2 Å². The van der Waals surface area contributed by atoms with Crippen molar-refractivity contribution in [3.8, 4) is 22.7 Å². The number of rotatable bonds is 6. The molecular weight excluding hydrogens is 430 g/mol. The molecule has 34 heavy (non-hydrogen) atoms. The van der Waals surface area contributed by atoms with Gasteiger partial charge < -0.3 is 14.4 Å². The number of hydrogen-bond acceptors (Lipinski definition) is 5. The molecule has 0 bridgehead atoms. The van der Waals surface area contributed by atoms with Gasteiger partial charge in [0.1, 0.15) is 5.75 Å². The highest BCUT2D eigenvalue weighted by Gasteiger charge is 2.26. The maximum absolute atomic E-state index is 13.1. The summed E-state index contributed by atoms with van der Waals surface area (Å²) < 4.78 is 12.1. The van der Waals surface area contributed by atoms with Crippen molar-refractivity contribution in [2.75, 3.05) is 26.8 Å². The monoisotopic (exact) mass is 461 g/mol. The molecule has 2 aromatic carbocycles. The SMILES string of the molecule is CCOC(=O)c1cc(-c2ccc(OC)cc2)n(-c2ccc(C(=O)N3C[C@H](C)C[C@H](C)C3)cc2)n1. The van der Waals surface area contributed by atoms with Crippen molar-refractivity contribution in [2.45, 2.75) is 27.2 Å². The van der Waals surface area contributed by atoms with Crippen LogP contribution >= 0.6 is 0 Å². The van der Waals surface area contributed by atoms with E-state index in [-0.39, 0.29) is 18.2 Å². The van der Waals surface area contributed by atoms with Crippen LogP contribution in [0.1, 0.15) is 48.0 Å². The van der Waals surface area contributed by atoms with Crippen molar-refractivity contribution in [1.82, 2.24) is 14.7 Å². The van der Waals surface area contributed by atoms with E-state index in [0.717, 1.165) is 42.2 Å². The third-order valence-corrected chi connectivity index (χ3v) is 6.09. The number of nitrogens with zero attached hydrogens (tertiary/aromatic N) is 3. The van der Waals surface area contributed by atoms with E-state index in [2.05, 4.69) is 18.9 Å². The maximum atomic E-state index is 13.1. The van der Waals surface area contributed by atoms with E-state index in [9.17, 15) is 9.59 Å². The average Bonchev–Trinajstić information content (AvgIpc) is 3.29. The lowest BCUT2D eigenvalue weighted by Gasteiger charge is -2.35. The molecule has 1 saturated heterocycles. The second kappa shape index (κ2) is 10.1. The first kappa shape index (κ1) is 23.5. The molecule has 1 aliphatic rings. The van der Waals surface area contributed by atoms with Crippen LogP contribution in [-0.4, -0.2) is 53.4 Å². The van der Waals surface area contributed by atoms with E-state index in [0.29, 0.717) is 17.4 Å². The van der Waals surface area contributed by atoms with Crippen LogP contribution in [0.15, 0.2) is 54.6 Å². The molecule has 2 atom stereocenters. The highest BCUT2D eigenvalue weighted by Crippen LogP contribution is 2.27. The summed E-state index contributed by atoms with van der Waals surface area (Å²) in [5.41, 5.74) is 3.24. The number of carbonyl (C=O) groups is 2. The summed E-state index contributed by atoms with van der Waals surface area (Å²) in [7, 11) is 1.62. The molecule has 1 aromatic heterocycles. The van der Waals surface area contributed by atoms with Crippen molar-refractivity contribution in [3.63, 3.8) is 0 Å². The Morgan fingerprint density at radius 1 is 1.00 bits per heavy atom. The minimum atomic E-state index is -0.476. The van der Waals surface area contributed by atoms with Crippen molar-refractivity contribution in [1.29, 1.82) is 0 Å². The Balaban J connectivity index is 1.66. The van der Waals surface area contributed by atoms with Gasteiger partial charge in [-0.15, -0.1) is 0 Å². The summed E-state index contributed by atoms with van der Waals surface area (Å²) in [5, 5.41) is 4.52. The Morgan fingerprint density at radius 2 is 1.65 bits per heavy atom. The van der Waals surface area contributed by atoms with Gasteiger partial charge in [0.05, 0.1) is 25.1 Å². The minimum Gasteiger partial charge on any atom is -0.497 e. The quantitative estimate of drug-likeness (QED) is 0.491. The second-order valence-corrected chi connectivity index (χ2v) is 8.98. The predicted octanol–water partition coefficient (Wildman–Crippen LogP) is 4.84. The first-order valence-corrected chi connectivity index (χ1v) is 11.7. The molecule has 1 aliphatic heterocycles. The Kier molecular flexibility index (Phi) is 7.01. The van der Waals surface area contributed by atoms with E-state index in [4.69, 9.17) is 9.47 Å². The zero-order chi connectivity index (χ0) is 24.2. The lowest BCUT2D eigenvalue weighted by atomic mass is 9.91. The predicted molar refractivity (Wildman–Crippen MR) is 130 cm³/mol. The van der Waals surface area contributed by atoms with Crippen LogP contribution in [0, 0.1) is 11.8 Å². The third kappa shape index (κ3) is 4.98. The van der Waals surface area contributed by atoms with Crippen LogP contribution in [0.5, 0.6) is 5.75 Å². The maximum Gasteiger partial charge on any atom is 0.358 e. The summed E-state index contributed by atoms with van der Waals surface area (Å²) >= 11 is 0. The summed E-state index contributed by atoms with van der Waals surface area (Å²) in [5.74, 6) is 1.32. The fraction of sp³-hybridized carbons (Fsp3) is 0.370. The van der Waals surface area contributed by atoms with E-state index < -0.39 is 5.97 Å². The van der Waals surface area contributed by atoms with Crippen LogP contribution in [-0.2, 0) is 4.74 Å². The first-order chi connectivity index (χ1) is 16.4. The topological polar surface area (TPSA) is 73.7 Å². The van der Waals surface area contributed by atoms with E-state index in [1.807, 2.05) is 53.4 Å². The van der Waals surface area contributed by atoms with E-state index in [1.54, 1.807) is 24.8 Å². The number of likely N-dealkylation sites (tertiary alicyclic amines) is 1. The Morgan fingerprint density at radius 3 is 2.24 bits per heavy atom. The molecule has 7 nitrogen and oxygen atoms in total. The lowest BCUT2D eigenvalue weighted by Crippen LogP contribution is -2.42. The van der Waals surface area contributed by atoms with Gasteiger partial charge in [-0.25, -0.2) is 9.48 Å². The Labute approximate surface area is 200 Å². The number of carbonyl (C=O) groups excluding carboxylic acids is 2. The molecule has 1 fully saturated rings. The third-order valence-electron chi connectivity index (χ3n) is 6.09. The molecule has 1 amide bonds. The number of esters is 1. The van der Waals surface area contributed by atoms with Crippen LogP contribution < -0.4 is 4.74 Å². The largest absolute Gasteiger partial charge is 0.497 e. The van der Waals surface area contributed by atoms with Gasteiger partial charge in [-0.2, -0.15) is 5.10 Å². The average molecular weight is 462 g/mol. The lowest BCUT2D eigenvalue weighted by molar-refractivity contribution is 0.0518. The number of amides is 1.